The van der Waals surface area contributed by atoms with Gasteiger partial charge in [0.15, 0.2) is 0 Å². The fraction of sp³-hybridized carbons (Fsp3) is 0.462. The molecule has 0 radical (unpaired) electrons. The molecule has 0 N–H and O–H groups in total. The monoisotopic (exact) mass is 302 g/mol. The van der Waals surface area contributed by atoms with Crippen molar-refractivity contribution in [2.75, 3.05) is 37.8 Å². The van der Waals surface area contributed by atoms with E-state index in [4.69, 9.17) is 27.9 Å². The van der Waals surface area contributed by atoms with Gasteiger partial charge in [-0.2, -0.15) is 0 Å². The van der Waals surface area contributed by atoms with Crippen LogP contribution in [-0.2, 0) is 9.53 Å². The van der Waals surface area contributed by atoms with Crippen molar-refractivity contribution in [1.29, 1.82) is 0 Å². The molecule has 19 heavy (non-hydrogen) atoms. The number of carbonyl (C=O) groups excluding carboxylic acids is 1. The fourth-order valence-electron chi connectivity index (χ4n) is 2.04. The van der Waals surface area contributed by atoms with Crippen LogP contribution in [0, 0.1) is 0 Å². The third kappa shape index (κ3) is 3.75. The second kappa shape index (κ2) is 6.46. The molecule has 2 rings (SSSR count). The predicted molar refractivity (Wildman–Crippen MR) is 76.9 cm³/mol. The van der Waals surface area contributed by atoms with E-state index in [1.165, 1.54) is 6.92 Å². The Hall–Kier alpha value is -0.970. The zero-order chi connectivity index (χ0) is 13.8. The highest BCUT2D eigenvalue weighted by Gasteiger charge is 2.20. The second-order valence-electron chi connectivity index (χ2n) is 4.44. The van der Waals surface area contributed by atoms with Gasteiger partial charge in [-0.05, 0) is 12.1 Å². The summed E-state index contributed by atoms with van der Waals surface area (Å²) >= 11 is 12.2. The zero-order valence-electron chi connectivity index (χ0n) is 10.7. The van der Waals surface area contributed by atoms with Crippen LogP contribution in [0.3, 0.4) is 0 Å². The minimum atomic E-state index is -0.250. The molecular weight excluding hydrogens is 287 g/mol. The van der Waals surface area contributed by atoms with Crippen LogP contribution >= 0.6 is 23.2 Å². The number of nitrogens with zero attached hydrogens (tertiary/aromatic N) is 2. The van der Waals surface area contributed by atoms with E-state index < -0.39 is 0 Å². The summed E-state index contributed by atoms with van der Waals surface area (Å²) in [7, 11) is 0. The Morgan fingerprint density at radius 3 is 2.58 bits per heavy atom. The summed E-state index contributed by atoms with van der Waals surface area (Å²) in [4.78, 5) is 15.0. The first-order chi connectivity index (χ1) is 9.08. The molecule has 4 nitrogen and oxygen atoms in total. The highest BCUT2D eigenvalue weighted by Crippen LogP contribution is 2.32. The van der Waals surface area contributed by atoms with E-state index in [9.17, 15) is 4.79 Å². The van der Waals surface area contributed by atoms with Gasteiger partial charge in [0.2, 0.25) is 0 Å². The second-order valence-corrected chi connectivity index (χ2v) is 5.23. The summed E-state index contributed by atoms with van der Waals surface area (Å²) in [6.45, 7) is 5.10. The number of benzene rings is 1. The molecule has 0 atom stereocenters. The van der Waals surface area contributed by atoms with Crippen molar-refractivity contribution in [2.24, 2.45) is 0 Å². The van der Waals surface area contributed by atoms with Crippen LogP contribution in [0.4, 0.5) is 5.69 Å². The Balaban J connectivity index is 1.92. The highest BCUT2D eigenvalue weighted by molar-refractivity contribution is 6.43. The lowest BCUT2D eigenvalue weighted by Gasteiger charge is -2.36. The third-order valence-electron chi connectivity index (χ3n) is 3.09. The first-order valence-electron chi connectivity index (χ1n) is 6.12. The number of rotatable bonds is 3. The van der Waals surface area contributed by atoms with Gasteiger partial charge in [0.25, 0.3) is 0 Å². The molecule has 1 saturated heterocycles. The maximum absolute atomic E-state index is 10.8. The van der Waals surface area contributed by atoms with Crippen molar-refractivity contribution >= 4 is 34.9 Å². The number of carbonyl (C=O) groups is 1. The molecule has 6 heteroatoms. The Labute approximate surface area is 122 Å². The smallest absolute Gasteiger partial charge is 0.303 e. The van der Waals surface area contributed by atoms with Crippen LogP contribution < -0.4 is 4.90 Å². The van der Waals surface area contributed by atoms with Gasteiger partial charge >= 0.3 is 5.97 Å². The van der Waals surface area contributed by atoms with E-state index in [0.29, 0.717) is 16.8 Å². The lowest BCUT2D eigenvalue weighted by molar-refractivity contribution is -0.145. The molecule has 0 amide bonds. The van der Waals surface area contributed by atoms with Crippen LogP contribution in [0.15, 0.2) is 18.2 Å². The van der Waals surface area contributed by atoms with Crippen molar-refractivity contribution in [3.63, 3.8) is 0 Å². The summed E-state index contributed by atoms with van der Waals surface area (Å²) in [5.74, 6) is -0.250. The lowest BCUT2D eigenvalue weighted by atomic mass is 10.2. The van der Waals surface area contributed by atoms with Gasteiger partial charge < -0.3 is 9.64 Å². The maximum atomic E-state index is 10.8. The van der Waals surface area contributed by atoms with Crippen molar-refractivity contribution in [3.05, 3.63) is 28.2 Å². The van der Waals surface area contributed by atoms with E-state index >= 15 is 0 Å². The molecule has 0 saturated carbocycles. The number of halogens is 2. The Morgan fingerprint density at radius 1 is 1.26 bits per heavy atom. The van der Waals surface area contributed by atoms with E-state index in [1.807, 2.05) is 12.1 Å². The van der Waals surface area contributed by atoms with Crippen LogP contribution in [0.5, 0.6) is 0 Å². The normalized spacial score (nSPS) is 16.5. The number of piperazine rings is 1. The first kappa shape index (κ1) is 14.4. The summed E-state index contributed by atoms with van der Waals surface area (Å²) in [5.41, 5.74) is 0.960. The van der Waals surface area contributed by atoms with Gasteiger partial charge in [-0.1, -0.05) is 29.3 Å². The first-order valence-corrected chi connectivity index (χ1v) is 6.88. The van der Waals surface area contributed by atoms with Gasteiger partial charge in [0, 0.05) is 33.1 Å². The van der Waals surface area contributed by atoms with E-state index in [-0.39, 0.29) is 5.97 Å². The van der Waals surface area contributed by atoms with Gasteiger partial charge in [0.05, 0.1) is 15.7 Å². The van der Waals surface area contributed by atoms with Crippen molar-refractivity contribution in [1.82, 2.24) is 4.90 Å². The van der Waals surface area contributed by atoms with Gasteiger partial charge in [-0.25, -0.2) is 0 Å². The molecule has 1 aromatic carbocycles. The average molecular weight is 303 g/mol. The van der Waals surface area contributed by atoms with E-state index in [0.717, 1.165) is 31.9 Å². The van der Waals surface area contributed by atoms with Crippen molar-refractivity contribution in [2.45, 2.75) is 6.92 Å². The molecule has 0 spiro atoms. The number of esters is 1. The molecule has 0 aliphatic carbocycles. The van der Waals surface area contributed by atoms with Crippen LogP contribution in [0.25, 0.3) is 0 Å². The minimum absolute atomic E-state index is 0.250. The molecule has 104 valence electrons. The van der Waals surface area contributed by atoms with Crippen LogP contribution in [0.1, 0.15) is 6.92 Å². The molecule has 1 fully saturated rings. The maximum Gasteiger partial charge on any atom is 0.303 e. The molecule has 1 aromatic rings. The molecule has 0 unspecified atom stereocenters. The molecule has 0 aromatic heterocycles. The van der Waals surface area contributed by atoms with Crippen molar-refractivity contribution < 1.29 is 9.53 Å². The van der Waals surface area contributed by atoms with Crippen LogP contribution in [0.2, 0.25) is 10.0 Å². The Kier molecular flexibility index (Phi) is 4.91. The van der Waals surface area contributed by atoms with E-state index in [2.05, 4.69) is 9.80 Å². The standard InChI is InChI=1S/C13H16Cl2N2O2/c1-10(18)19-9-16-5-7-17(8-6-16)12-4-2-3-11(14)13(12)15/h2-4H,5-9H2,1H3. The number of ether oxygens (including phenoxy) is 1. The minimum Gasteiger partial charge on any atom is -0.450 e. The highest BCUT2D eigenvalue weighted by atomic mass is 35.5. The molecular formula is C13H16Cl2N2O2. The molecule has 1 aliphatic rings. The molecule has 1 heterocycles. The summed E-state index contributed by atoms with van der Waals surface area (Å²) in [5, 5.41) is 1.17. The topological polar surface area (TPSA) is 32.8 Å². The average Bonchev–Trinajstić information content (AvgIpc) is 2.40. The third-order valence-corrected chi connectivity index (χ3v) is 3.90. The predicted octanol–water partition coefficient (Wildman–Crippen LogP) is 2.64. The van der Waals surface area contributed by atoms with Crippen molar-refractivity contribution in [3.8, 4) is 0 Å². The fourth-order valence-corrected chi connectivity index (χ4v) is 2.45. The summed E-state index contributed by atoms with van der Waals surface area (Å²) < 4.78 is 4.99. The number of hydrogen-bond acceptors (Lipinski definition) is 4. The SMILES string of the molecule is CC(=O)OCN1CCN(c2cccc(Cl)c2Cl)CC1. The zero-order valence-corrected chi connectivity index (χ0v) is 12.2. The number of hydrogen-bond donors (Lipinski definition) is 0. The largest absolute Gasteiger partial charge is 0.450 e. The Morgan fingerprint density at radius 2 is 1.95 bits per heavy atom. The van der Waals surface area contributed by atoms with Gasteiger partial charge in [-0.3, -0.25) is 9.69 Å². The van der Waals surface area contributed by atoms with Gasteiger partial charge in [0.1, 0.15) is 6.73 Å². The van der Waals surface area contributed by atoms with E-state index in [1.54, 1.807) is 6.07 Å². The quantitative estimate of drug-likeness (QED) is 0.804. The number of anilines is 1. The lowest BCUT2D eigenvalue weighted by Crippen LogP contribution is -2.47. The summed E-state index contributed by atoms with van der Waals surface area (Å²) in [6, 6.07) is 5.65. The Bertz CT molecular complexity index is 460. The van der Waals surface area contributed by atoms with Gasteiger partial charge in [-0.15, -0.1) is 0 Å². The van der Waals surface area contributed by atoms with Crippen LogP contribution in [-0.4, -0.2) is 43.8 Å². The molecule has 1 aliphatic heterocycles. The summed E-state index contributed by atoms with van der Waals surface area (Å²) in [6.07, 6.45) is 0. The molecule has 0 bridgehead atoms.